The van der Waals surface area contributed by atoms with Crippen LogP contribution in [0.25, 0.3) is 11.1 Å². The summed E-state index contributed by atoms with van der Waals surface area (Å²) in [6.45, 7) is 3.67. The van der Waals surface area contributed by atoms with Gasteiger partial charge < -0.3 is 20.3 Å². The predicted octanol–water partition coefficient (Wildman–Crippen LogP) is 5.78. The van der Waals surface area contributed by atoms with E-state index in [4.69, 9.17) is 16.3 Å². The fraction of sp³-hybridized carbons (Fsp3) is 0.269. The van der Waals surface area contributed by atoms with Gasteiger partial charge in [-0.25, -0.2) is 4.79 Å². The molecule has 0 aromatic heterocycles. The van der Waals surface area contributed by atoms with Gasteiger partial charge in [0.15, 0.2) is 0 Å². The van der Waals surface area contributed by atoms with E-state index in [0.29, 0.717) is 23.9 Å². The molecule has 0 aliphatic rings. The van der Waals surface area contributed by atoms with E-state index in [0.717, 1.165) is 36.1 Å². The lowest BCUT2D eigenvalue weighted by molar-refractivity contribution is 0.0692. The van der Waals surface area contributed by atoms with Crippen LogP contribution in [0, 0.1) is 0 Å². The van der Waals surface area contributed by atoms with E-state index in [-0.39, 0.29) is 18.0 Å². The summed E-state index contributed by atoms with van der Waals surface area (Å²) in [6, 6.07) is 20.6. The van der Waals surface area contributed by atoms with Gasteiger partial charge in [0.1, 0.15) is 11.3 Å². The SMILES string of the molecule is CCCOc1cc(-c2ccc(CCNC[C@H](O)c3ccc(Cl)cc3)cc2)ccc1C(=O)O.Cl. The number of ether oxygens (including phenoxy) is 1. The molecule has 0 heterocycles. The number of carboxylic acids is 1. The van der Waals surface area contributed by atoms with Gasteiger partial charge in [0.25, 0.3) is 0 Å². The van der Waals surface area contributed by atoms with E-state index in [1.807, 2.05) is 31.2 Å². The van der Waals surface area contributed by atoms with Crippen LogP contribution in [0.2, 0.25) is 5.02 Å². The van der Waals surface area contributed by atoms with Crippen LogP contribution in [0.1, 0.15) is 40.9 Å². The van der Waals surface area contributed by atoms with Crippen LogP contribution in [-0.4, -0.2) is 35.9 Å². The van der Waals surface area contributed by atoms with E-state index in [1.54, 1.807) is 30.3 Å². The molecule has 0 amide bonds. The van der Waals surface area contributed by atoms with E-state index in [1.165, 1.54) is 5.56 Å². The number of nitrogens with one attached hydrogen (secondary N) is 1. The number of carboxylic acid groups (broad SMARTS) is 1. The number of aliphatic hydroxyl groups is 1. The van der Waals surface area contributed by atoms with Crippen LogP contribution >= 0.6 is 24.0 Å². The Morgan fingerprint density at radius 2 is 1.70 bits per heavy atom. The molecule has 0 bridgehead atoms. The number of aliphatic hydroxyl groups excluding tert-OH is 1. The topological polar surface area (TPSA) is 78.8 Å². The minimum absolute atomic E-state index is 0. The molecule has 7 heteroatoms. The highest BCUT2D eigenvalue weighted by Gasteiger charge is 2.13. The minimum atomic E-state index is -0.994. The van der Waals surface area contributed by atoms with E-state index in [2.05, 4.69) is 17.4 Å². The molecule has 0 unspecified atom stereocenters. The molecule has 0 aliphatic carbocycles. The van der Waals surface area contributed by atoms with Gasteiger partial charge in [0.2, 0.25) is 0 Å². The summed E-state index contributed by atoms with van der Waals surface area (Å²) < 4.78 is 5.64. The molecular weight excluding hydrogens is 461 g/mol. The molecule has 0 radical (unpaired) electrons. The van der Waals surface area contributed by atoms with Gasteiger partial charge in [-0.2, -0.15) is 0 Å². The molecule has 0 spiro atoms. The average Bonchev–Trinajstić information content (AvgIpc) is 2.81. The third kappa shape index (κ3) is 7.76. The van der Waals surface area contributed by atoms with Crippen molar-refractivity contribution in [3.8, 4) is 16.9 Å². The Balaban J connectivity index is 0.00000385. The maximum Gasteiger partial charge on any atom is 0.339 e. The molecule has 176 valence electrons. The van der Waals surface area contributed by atoms with Crippen molar-refractivity contribution in [1.29, 1.82) is 0 Å². The summed E-state index contributed by atoms with van der Waals surface area (Å²) >= 11 is 5.88. The number of benzene rings is 3. The van der Waals surface area contributed by atoms with Gasteiger partial charge >= 0.3 is 5.97 Å². The van der Waals surface area contributed by atoms with Crippen LogP contribution in [0.3, 0.4) is 0 Å². The first-order chi connectivity index (χ1) is 15.5. The number of aromatic carboxylic acids is 1. The second-order valence-electron chi connectivity index (χ2n) is 7.58. The summed E-state index contributed by atoms with van der Waals surface area (Å²) in [4.78, 5) is 11.4. The quantitative estimate of drug-likeness (QED) is 0.297. The average molecular weight is 490 g/mol. The van der Waals surface area contributed by atoms with Gasteiger partial charge in [-0.1, -0.05) is 61.0 Å². The van der Waals surface area contributed by atoms with Crippen molar-refractivity contribution in [2.24, 2.45) is 0 Å². The largest absolute Gasteiger partial charge is 0.493 e. The predicted molar refractivity (Wildman–Crippen MR) is 135 cm³/mol. The van der Waals surface area contributed by atoms with Crippen molar-refractivity contribution in [1.82, 2.24) is 5.32 Å². The molecule has 3 aromatic rings. The van der Waals surface area contributed by atoms with Gasteiger partial charge in [-0.05, 0) is 65.9 Å². The third-order valence-corrected chi connectivity index (χ3v) is 5.40. The molecule has 0 saturated carbocycles. The lowest BCUT2D eigenvalue weighted by Gasteiger charge is -2.13. The first-order valence-electron chi connectivity index (χ1n) is 10.7. The summed E-state index contributed by atoms with van der Waals surface area (Å²) in [6.07, 6.45) is 1.06. The zero-order chi connectivity index (χ0) is 22.9. The smallest absolute Gasteiger partial charge is 0.339 e. The van der Waals surface area contributed by atoms with Crippen molar-refractivity contribution in [3.05, 3.63) is 88.4 Å². The normalized spacial score (nSPS) is 11.5. The maximum atomic E-state index is 11.4. The van der Waals surface area contributed by atoms with E-state index >= 15 is 0 Å². The first-order valence-corrected chi connectivity index (χ1v) is 11.1. The van der Waals surface area contributed by atoms with Gasteiger partial charge in [-0.3, -0.25) is 0 Å². The number of rotatable bonds is 11. The number of hydrogen-bond acceptors (Lipinski definition) is 4. The van der Waals surface area contributed by atoms with Crippen molar-refractivity contribution in [2.75, 3.05) is 19.7 Å². The summed E-state index contributed by atoms with van der Waals surface area (Å²) in [5.74, 6) is -0.601. The molecule has 1 atom stereocenters. The molecule has 5 nitrogen and oxygen atoms in total. The molecular formula is C26H29Cl2NO4. The zero-order valence-electron chi connectivity index (χ0n) is 18.5. The van der Waals surface area contributed by atoms with Crippen LogP contribution in [-0.2, 0) is 6.42 Å². The summed E-state index contributed by atoms with van der Waals surface area (Å²) in [5, 5.41) is 23.6. The summed E-state index contributed by atoms with van der Waals surface area (Å²) in [5.41, 5.74) is 4.09. The van der Waals surface area contributed by atoms with Crippen molar-refractivity contribution in [2.45, 2.75) is 25.9 Å². The van der Waals surface area contributed by atoms with Gasteiger partial charge in [-0.15, -0.1) is 12.4 Å². The highest BCUT2D eigenvalue weighted by atomic mass is 35.5. The van der Waals surface area contributed by atoms with Crippen molar-refractivity contribution < 1.29 is 19.7 Å². The Labute approximate surface area is 205 Å². The first kappa shape index (κ1) is 26.7. The summed E-state index contributed by atoms with van der Waals surface area (Å²) in [7, 11) is 0. The minimum Gasteiger partial charge on any atom is -0.493 e. The van der Waals surface area contributed by atoms with E-state index in [9.17, 15) is 15.0 Å². The van der Waals surface area contributed by atoms with Crippen molar-refractivity contribution >= 4 is 30.0 Å². The molecule has 33 heavy (non-hydrogen) atoms. The number of carbonyl (C=O) groups is 1. The Morgan fingerprint density at radius 3 is 2.33 bits per heavy atom. The zero-order valence-corrected chi connectivity index (χ0v) is 20.0. The third-order valence-electron chi connectivity index (χ3n) is 5.14. The fourth-order valence-corrected chi connectivity index (χ4v) is 3.47. The van der Waals surface area contributed by atoms with Crippen LogP contribution in [0.15, 0.2) is 66.7 Å². The van der Waals surface area contributed by atoms with Gasteiger partial charge in [0, 0.05) is 11.6 Å². The monoisotopic (exact) mass is 489 g/mol. The highest BCUT2D eigenvalue weighted by molar-refractivity contribution is 6.30. The molecule has 3 rings (SSSR count). The maximum absolute atomic E-state index is 11.4. The highest BCUT2D eigenvalue weighted by Crippen LogP contribution is 2.28. The lowest BCUT2D eigenvalue weighted by atomic mass is 10.0. The Kier molecular flexibility index (Phi) is 10.7. The molecule has 3 N–H and O–H groups in total. The number of halogens is 2. The Hall–Kier alpha value is -2.57. The molecule has 3 aromatic carbocycles. The second kappa shape index (κ2) is 13.2. The van der Waals surface area contributed by atoms with Crippen LogP contribution in [0.5, 0.6) is 5.75 Å². The molecule has 0 saturated heterocycles. The Morgan fingerprint density at radius 1 is 1.03 bits per heavy atom. The fourth-order valence-electron chi connectivity index (χ4n) is 3.35. The molecule has 0 fully saturated rings. The Bertz CT molecular complexity index is 1020. The van der Waals surface area contributed by atoms with E-state index < -0.39 is 12.1 Å². The number of hydrogen-bond donors (Lipinski definition) is 3. The lowest BCUT2D eigenvalue weighted by Crippen LogP contribution is -2.23. The van der Waals surface area contributed by atoms with Gasteiger partial charge in [0.05, 0.1) is 12.7 Å². The molecule has 0 aliphatic heterocycles. The van der Waals surface area contributed by atoms with Crippen LogP contribution in [0.4, 0.5) is 0 Å². The van der Waals surface area contributed by atoms with Crippen molar-refractivity contribution in [3.63, 3.8) is 0 Å². The second-order valence-corrected chi connectivity index (χ2v) is 8.02. The standard InChI is InChI=1S/C26H28ClNO4.ClH/c1-2-15-32-25-16-21(9-12-23(25)26(30)31)19-5-3-18(4-6-19)13-14-28-17-24(29)20-7-10-22(27)11-8-20;/h3-12,16,24,28-29H,2,13-15,17H2,1H3,(H,30,31);1H/t24-;/m0./s1. The van der Waals surface area contributed by atoms with Crippen LogP contribution < -0.4 is 10.1 Å².